The molecule has 3 nitrogen and oxygen atoms in total. The molecule has 1 N–H and O–H groups in total. The molecular weight excluding hydrogens is 256 g/mol. The van der Waals surface area contributed by atoms with Crippen molar-refractivity contribution in [3.63, 3.8) is 0 Å². The summed E-state index contributed by atoms with van der Waals surface area (Å²) in [5, 5.41) is 3.39. The molecule has 1 aromatic rings. The van der Waals surface area contributed by atoms with Gasteiger partial charge in [-0.05, 0) is 38.6 Å². The first-order valence-electron chi connectivity index (χ1n) is 7.30. The zero-order valence-electron chi connectivity index (χ0n) is 12.8. The number of nitrogens with zero attached hydrogens (tertiary/aromatic N) is 1. The molecule has 0 saturated carbocycles. The minimum absolute atomic E-state index is 0.807. The average molecular weight is 284 g/mol. The Morgan fingerprint density at radius 3 is 2.74 bits per heavy atom. The molecule has 1 rings (SSSR count). The molecule has 4 heteroatoms. The lowest BCUT2D eigenvalue weighted by Gasteiger charge is -2.20. The molecular formula is C15H28N2OS. The van der Waals surface area contributed by atoms with Gasteiger partial charge in [-0.15, -0.1) is 11.3 Å². The molecule has 0 saturated heterocycles. The summed E-state index contributed by atoms with van der Waals surface area (Å²) < 4.78 is 5.44. The van der Waals surface area contributed by atoms with Crippen molar-refractivity contribution in [1.29, 1.82) is 0 Å². The van der Waals surface area contributed by atoms with E-state index in [9.17, 15) is 0 Å². The molecule has 0 radical (unpaired) electrons. The van der Waals surface area contributed by atoms with Crippen molar-refractivity contribution in [1.82, 2.24) is 10.2 Å². The van der Waals surface area contributed by atoms with E-state index in [0.29, 0.717) is 0 Å². The van der Waals surface area contributed by atoms with Gasteiger partial charge in [0.05, 0.1) is 6.61 Å². The fourth-order valence-corrected chi connectivity index (χ4v) is 3.03. The van der Waals surface area contributed by atoms with E-state index in [0.717, 1.165) is 45.9 Å². The number of thiophene rings is 1. The van der Waals surface area contributed by atoms with Gasteiger partial charge in [-0.1, -0.05) is 13.8 Å². The lowest BCUT2D eigenvalue weighted by molar-refractivity contribution is 0.113. The van der Waals surface area contributed by atoms with Crippen LogP contribution in [0.15, 0.2) is 6.07 Å². The third-order valence-electron chi connectivity index (χ3n) is 3.22. The third-order valence-corrected chi connectivity index (χ3v) is 4.31. The molecule has 0 aromatic carbocycles. The second-order valence-electron chi connectivity index (χ2n) is 4.64. The van der Waals surface area contributed by atoms with E-state index in [1.54, 1.807) is 0 Å². The van der Waals surface area contributed by atoms with E-state index in [2.05, 4.69) is 37.1 Å². The van der Waals surface area contributed by atoms with E-state index in [-0.39, 0.29) is 0 Å². The Hall–Kier alpha value is -0.420. The lowest BCUT2D eigenvalue weighted by Crippen LogP contribution is -2.27. The molecule has 0 spiro atoms. The average Bonchev–Trinajstić information content (AvgIpc) is 2.76. The van der Waals surface area contributed by atoms with Gasteiger partial charge in [0.15, 0.2) is 0 Å². The number of aryl methyl sites for hydroxylation is 1. The quantitative estimate of drug-likeness (QED) is 0.668. The van der Waals surface area contributed by atoms with Gasteiger partial charge in [-0.2, -0.15) is 0 Å². The van der Waals surface area contributed by atoms with Crippen LogP contribution in [0.4, 0.5) is 0 Å². The zero-order chi connectivity index (χ0) is 14.1. The topological polar surface area (TPSA) is 24.5 Å². The Morgan fingerprint density at radius 2 is 2.11 bits per heavy atom. The van der Waals surface area contributed by atoms with Gasteiger partial charge in [-0.3, -0.25) is 4.90 Å². The van der Waals surface area contributed by atoms with Crippen molar-refractivity contribution in [3.8, 4) is 0 Å². The fourth-order valence-electron chi connectivity index (χ4n) is 2.01. The van der Waals surface area contributed by atoms with Crippen LogP contribution >= 0.6 is 11.3 Å². The molecule has 0 aliphatic carbocycles. The minimum Gasteiger partial charge on any atom is -0.380 e. The van der Waals surface area contributed by atoms with Crippen molar-refractivity contribution in [2.45, 2.75) is 40.8 Å². The molecule has 1 aromatic heterocycles. The van der Waals surface area contributed by atoms with Crippen LogP contribution < -0.4 is 5.32 Å². The number of likely N-dealkylation sites (N-methyl/N-ethyl adjacent to an activating group) is 1. The summed E-state index contributed by atoms with van der Waals surface area (Å²) >= 11 is 1.91. The SMILES string of the molecule is CCNCc1cc(CN(CC)CCOCC)c(C)s1. The van der Waals surface area contributed by atoms with Crippen LogP contribution in [-0.2, 0) is 17.8 Å². The van der Waals surface area contributed by atoms with Gasteiger partial charge in [0.25, 0.3) is 0 Å². The van der Waals surface area contributed by atoms with Gasteiger partial charge in [0, 0.05) is 36.0 Å². The van der Waals surface area contributed by atoms with Crippen molar-refractivity contribution in [2.75, 3.05) is 32.8 Å². The van der Waals surface area contributed by atoms with Gasteiger partial charge in [0.1, 0.15) is 0 Å². The first-order chi connectivity index (χ1) is 9.21. The highest BCUT2D eigenvalue weighted by molar-refractivity contribution is 7.12. The van der Waals surface area contributed by atoms with Gasteiger partial charge < -0.3 is 10.1 Å². The number of ether oxygens (including phenoxy) is 1. The molecule has 19 heavy (non-hydrogen) atoms. The van der Waals surface area contributed by atoms with E-state index in [4.69, 9.17) is 4.74 Å². The van der Waals surface area contributed by atoms with Gasteiger partial charge in [-0.25, -0.2) is 0 Å². The Bertz CT molecular complexity index is 352. The summed E-state index contributed by atoms with van der Waals surface area (Å²) in [5.41, 5.74) is 1.47. The van der Waals surface area contributed by atoms with Crippen LogP contribution in [0.3, 0.4) is 0 Å². The normalized spacial score (nSPS) is 11.4. The lowest BCUT2D eigenvalue weighted by atomic mass is 10.2. The van der Waals surface area contributed by atoms with Crippen molar-refractivity contribution < 1.29 is 4.74 Å². The molecule has 0 amide bonds. The van der Waals surface area contributed by atoms with Crippen LogP contribution in [-0.4, -0.2) is 37.7 Å². The zero-order valence-corrected chi connectivity index (χ0v) is 13.6. The minimum atomic E-state index is 0.807. The Balaban J connectivity index is 2.51. The maximum atomic E-state index is 5.44. The fraction of sp³-hybridized carbons (Fsp3) is 0.733. The highest BCUT2D eigenvalue weighted by Crippen LogP contribution is 2.22. The summed E-state index contributed by atoms with van der Waals surface area (Å²) in [4.78, 5) is 5.33. The first kappa shape index (κ1) is 16.6. The van der Waals surface area contributed by atoms with Crippen molar-refractivity contribution in [2.24, 2.45) is 0 Å². The van der Waals surface area contributed by atoms with Crippen LogP contribution in [0, 0.1) is 6.92 Å². The van der Waals surface area contributed by atoms with Gasteiger partial charge >= 0.3 is 0 Å². The molecule has 0 aliphatic heterocycles. The number of hydrogen-bond donors (Lipinski definition) is 1. The van der Waals surface area contributed by atoms with E-state index >= 15 is 0 Å². The molecule has 1 heterocycles. The van der Waals surface area contributed by atoms with E-state index < -0.39 is 0 Å². The third kappa shape index (κ3) is 6.04. The smallest absolute Gasteiger partial charge is 0.0593 e. The Labute approximate surface area is 122 Å². The maximum Gasteiger partial charge on any atom is 0.0593 e. The molecule has 0 unspecified atom stereocenters. The predicted molar refractivity (Wildman–Crippen MR) is 83.9 cm³/mol. The Kier molecular flexibility index (Phi) is 8.30. The summed E-state index contributed by atoms with van der Waals surface area (Å²) in [6.45, 7) is 15.4. The van der Waals surface area contributed by atoms with E-state index in [1.165, 1.54) is 15.3 Å². The van der Waals surface area contributed by atoms with Crippen LogP contribution in [0.5, 0.6) is 0 Å². The monoisotopic (exact) mass is 284 g/mol. The maximum absolute atomic E-state index is 5.44. The second-order valence-corrected chi connectivity index (χ2v) is 5.98. The first-order valence-corrected chi connectivity index (χ1v) is 8.11. The van der Waals surface area contributed by atoms with Crippen LogP contribution in [0.25, 0.3) is 0 Å². The van der Waals surface area contributed by atoms with Crippen LogP contribution in [0.2, 0.25) is 0 Å². The van der Waals surface area contributed by atoms with Crippen molar-refractivity contribution >= 4 is 11.3 Å². The number of rotatable bonds is 10. The summed E-state index contributed by atoms with van der Waals surface area (Å²) in [5.74, 6) is 0. The molecule has 0 bridgehead atoms. The molecule has 0 atom stereocenters. The number of nitrogens with one attached hydrogen (secondary N) is 1. The summed E-state index contributed by atoms with van der Waals surface area (Å²) in [6, 6.07) is 2.35. The molecule has 0 aliphatic rings. The molecule has 110 valence electrons. The number of hydrogen-bond acceptors (Lipinski definition) is 4. The van der Waals surface area contributed by atoms with Crippen molar-refractivity contribution in [3.05, 3.63) is 21.4 Å². The standard InChI is InChI=1S/C15H28N2OS/c1-5-16-11-15-10-14(13(4)19-15)12-17(6-2)8-9-18-7-3/h10,16H,5-9,11-12H2,1-4H3. The highest BCUT2D eigenvalue weighted by Gasteiger charge is 2.09. The van der Waals surface area contributed by atoms with Gasteiger partial charge in [0.2, 0.25) is 0 Å². The second kappa shape index (κ2) is 9.48. The predicted octanol–water partition coefficient (Wildman–Crippen LogP) is 3.02. The largest absolute Gasteiger partial charge is 0.380 e. The summed E-state index contributed by atoms with van der Waals surface area (Å²) in [6.07, 6.45) is 0. The van der Waals surface area contributed by atoms with Crippen LogP contribution in [0.1, 0.15) is 36.1 Å². The summed E-state index contributed by atoms with van der Waals surface area (Å²) in [7, 11) is 0. The van der Waals surface area contributed by atoms with E-state index in [1.807, 2.05) is 18.3 Å². The highest BCUT2D eigenvalue weighted by atomic mass is 32.1. The Morgan fingerprint density at radius 1 is 1.32 bits per heavy atom. The molecule has 0 fully saturated rings.